The van der Waals surface area contributed by atoms with E-state index in [4.69, 9.17) is 16.3 Å². The van der Waals surface area contributed by atoms with Gasteiger partial charge in [0, 0.05) is 6.07 Å². The van der Waals surface area contributed by atoms with Gasteiger partial charge in [0.1, 0.15) is 17.1 Å². The van der Waals surface area contributed by atoms with E-state index in [1.807, 2.05) is 20.8 Å². The highest BCUT2D eigenvalue weighted by Gasteiger charge is 2.28. The Bertz CT molecular complexity index is 982. The van der Waals surface area contributed by atoms with E-state index in [0.29, 0.717) is 17.0 Å². The standard InChI is InChI=1S/C18H18ClFN4O2.C2H6/c1-11-10-21-16-14(9-15(19)22-24(11)16)23(17(25)26-18(2,3)4)13-7-5-6-12(20)8-13;1-2/h5-10H,1-4H3;1-2H3. The lowest BCUT2D eigenvalue weighted by atomic mass is 10.2. The van der Waals surface area contributed by atoms with Gasteiger partial charge < -0.3 is 4.74 Å². The minimum absolute atomic E-state index is 0.165. The Labute approximate surface area is 168 Å². The number of aryl methyl sites for hydroxylation is 1. The summed E-state index contributed by atoms with van der Waals surface area (Å²) >= 11 is 6.14. The number of rotatable bonds is 2. The van der Waals surface area contributed by atoms with Crippen molar-refractivity contribution in [2.45, 2.75) is 47.1 Å². The lowest BCUT2D eigenvalue weighted by Gasteiger charge is -2.27. The number of amides is 1. The van der Waals surface area contributed by atoms with Crippen molar-refractivity contribution in [3.8, 4) is 0 Å². The number of carbonyl (C=O) groups is 1. The average Bonchev–Trinajstić information content (AvgIpc) is 2.96. The number of hydrogen-bond donors (Lipinski definition) is 0. The maximum Gasteiger partial charge on any atom is 0.419 e. The van der Waals surface area contributed by atoms with E-state index in [1.54, 1.807) is 33.0 Å². The highest BCUT2D eigenvalue weighted by atomic mass is 35.5. The Morgan fingerprint density at radius 1 is 1.25 bits per heavy atom. The van der Waals surface area contributed by atoms with Crippen molar-refractivity contribution >= 4 is 34.7 Å². The third kappa shape index (κ3) is 4.78. The molecule has 0 fully saturated rings. The predicted octanol–water partition coefficient (Wildman–Crippen LogP) is 5.93. The fourth-order valence-corrected chi connectivity index (χ4v) is 2.64. The van der Waals surface area contributed by atoms with Crippen molar-refractivity contribution < 1.29 is 13.9 Å². The van der Waals surface area contributed by atoms with Crippen LogP contribution in [0.2, 0.25) is 5.15 Å². The first kappa shape index (κ1) is 21.6. The SMILES string of the molecule is CC.Cc1cnc2c(N(C(=O)OC(C)(C)C)c3cccc(F)c3)cc(Cl)nn12. The molecule has 0 spiro atoms. The number of halogens is 2. The molecular formula is C20H24ClFN4O2. The summed E-state index contributed by atoms with van der Waals surface area (Å²) in [5, 5.41) is 4.36. The Balaban J connectivity index is 0.00000136. The van der Waals surface area contributed by atoms with Gasteiger partial charge in [0.2, 0.25) is 0 Å². The summed E-state index contributed by atoms with van der Waals surface area (Å²) in [6.45, 7) is 11.1. The lowest BCUT2D eigenvalue weighted by molar-refractivity contribution is 0.0599. The van der Waals surface area contributed by atoms with Gasteiger partial charge in [-0.25, -0.2) is 23.6 Å². The molecule has 2 heterocycles. The summed E-state index contributed by atoms with van der Waals surface area (Å²) in [6, 6.07) is 7.15. The number of benzene rings is 1. The van der Waals surface area contributed by atoms with Crippen LogP contribution in [0.25, 0.3) is 5.65 Å². The minimum atomic E-state index is -0.735. The largest absolute Gasteiger partial charge is 0.443 e. The van der Waals surface area contributed by atoms with Crippen LogP contribution in [0, 0.1) is 12.7 Å². The Morgan fingerprint density at radius 3 is 2.54 bits per heavy atom. The summed E-state index contributed by atoms with van der Waals surface area (Å²) in [4.78, 5) is 18.5. The molecule has 0 saturated carbocycles. The monoisotopic (exact) mass is 406 g/mol. The number of nitrogens with zero attached hydrogens (tertiary/aromatic N) is 4. The predicted molar refractivity (Wildman–Crippen MR) is 109 cm³/mol. The van der Waals surface area contributed by atoms with Gasteiger partial charge in [-0.1, -0.05) is 31.5 Å². The average molecular weight is 407 g/mol. The van der Waals surface area contributed by atoms with Crippen molar-refractivity contribution in [1.82, 2.24) is 14.6 Å². The van der Waals surface area contributed by atoms with Crippen LogP contribution >= 0.6 is 11.6 Å². The first-order valence-corrected chi connectivity index (χ1v) is 9.33. The molecule has 3 aromatic rings. The molecule has 2 aromatic heterocycles. The van der Waals surface area contributed by atoms with E-state index >= 15 is 0 Å². The van der Waals surface area contributed by atoms with Crippen LogP contribution < -0.4 is 4.90 Å². The third-order valence-electron chi connectivity index (χ3n) is 3.47. The van der Waals surface area contributed by atoms with E-state index in [9.17, 15) is 9.18 Å². The second-order valence-corrected chi connectivity index (χ2v) is 7.17. The van der Waals surface area contributed by atoms with Crippen molar-refractivity contribution in [2.75, 3.05) is 4.90 Å². The van der Waals surface area contributed by atoms with Gasteiger partial charge in [-0.05, 0) is 45.9 Å². The normalized spacial score (nSPS) is 11.0. The van der Waals surface area contributed by atoms with Crippen LogP contribution in [0.5, 0.6) is 0 Å². The van der Waals surface area contributed by atoms with Gasteiger partial charge in [0.05, 0.1) is 17.6 Å². The summed E-state index contributed by atoms with van der Waals surface area (Å²) in [5.41, 5.74) is 1.05. The molecule has 0 saturated heterocycles. The Hall–Kier alpha value is -2.67. The van der Waals surface area contributed by atoms with Crippen molar-refractivity contribution in [3.05, 3.63) is 53.2 Å². The quantitative estimate of drug-likeness (QED) is 0.529. The fraction of sp³-hybridized carbons (Fsp3) is 0.350. The molecule has 0 N–H and O–H groups in total. The van der Waals surface area contributed by atoms with Gasteiger partial charge in [0.25, 0.3) is 0 Å². The van der Waals surface area contributed by atoms with Crippen molar-refractivity contribution in [3.63, 3.8) is 0 Å². The molecule has 28 heavy (non-hydrogen) atoms. The summed E-state index contributed by atoms with van der Waals surface area (Å²) < 4.78 is 20.8. The second-order valence-electron chi connectivity index (χ2n) is 6.78. The summed E-state index contributed by atoms with van der Waals surface area (Å²) in [7, 11) is 0. The van der Waals surface area contributed by atoms with Crippen molar-refractivity contribution in [2.24, 2.45) is 0 Å². The molecule has 0 atom stereocenters. The minimum Gasteiger partial charge on any atom is -0.443 e. The molecule has 0 unspecified atom stereocenters. The lowest BCUT2D eigenvalue weighted by Crippen LogP contribution is -2.34. The van der Waals surface area contributed by atoms with Gasteiger partial charge in [-0.3, -0.25) is 0 Å². The molecule has 150 valence electrons. The fourth-order valence-electron chi connectivity index (χ4n) is 2.46. The number of ether oxygens (including phenoxy) is 1. The van der Waals surface area contributed by atoms with E-state index in [0.717, 1.165) is 5.69 Å². The number of aromatic nitrogens is 3. The highest BCUT2D eigenvalue weighted by molar-refractivity contribution is 6.29. The highest BCUT2D eigenvalue weighted by Crippen LogP contribution is 2.32. The second kappa shape index (κ2) is 8.56. The molecule has 3 rings (SSSR count). The molecule has 0 aliphatic rings. The van der Waals surface area contributed by atoms with Gasteiger partial charge in [0.15, 0.2) is 10.8 Å². The summed E-state index contributed by atoms with van der Waals surface area (Å²) in [5.74, 6) is -0.480. The number of carbonyl (C=O) groups excluding carboxylic acids is 1. The van der Waals surface area contributed by atoms with E-state index in [2.05, 4.69) is 10.1 Å². The van der Waals surface area contributed by atoms with Crippen molar-refractivity contribution in [1.29, 1.82) is 0 Å². The zero-order valence-electron chi connectivity index (χ0n) is 16.8. The molecule has 1 aromatic carbocycles. The maximum absolute atomic E-state index is 13.8. The van der Waals surface area contributed by atoms with Crippen LogP contribution in [0.3, 0.4) is 0 Å². The van der Waals surface area contributed by atoms with E-state index in [1.165, 1.54) is 33.7 Å². The van der Waals surface area contributed by atoms with E-state index in [-0.39, 0.29) is 5.15 Å². The third-order valence-corrected chi connectivity index (χ3v) is 3.66. The molecule has 8 heteroatoms. The zero-order valence-corrected chi connectivity index (χ0v) is 17.6. The first-order valence-electron chi connectivity index (χ1n) is 8.95. The molecule has 0 aliphatic heterocycles. The topological polar surface area (TPSA) is 59.7 Å². The van der Waals surface area contributed by atoms with Crippen LogP contribution in [-0.4, -0.2) is 26.3 Å². The number of fused-ring (bicyclic) bond motifs is 1. The van der Waals surface area contributed by atoms with E-state index < -0.39 is 17.5 Å². The molecule has 6 nitrogen and oxygen atoms in total. The van der Waals surface area contributed by atoms with Gasteiger partial charge >= 0.3 is 6.09 Å². The Kier molecular flexibility index (Phi) is 6.61. The van der Waals surface area contributed by atoms with Crippen LogP contribution in [0.4, 0.5) is 20.6 Å². The van der Waals surface area contributed by atoms with Crippen LogP contribution in [-0.2, 0) is 4.74 Å². The maximum atomic E-state index is 13.8. The molecule has 0 bridgehead atoms. The number of imidazole rings is 1. The zero-order chi connectivity index (χ0) is 21.1. The smallest absolute Gasteiger partial charge is 0.419 e. The van der Waals surface area contributed by atoms with Crippen LogP contribution in [0.15, 0.2) is 36.5 Å². The first-order chi connectivity index (χ1) is 13.2. The van der Waals surface area contributed by atoms with Gasteiger partial charge in [-0.2, -0.15) is 5.10 Å². The molecule has 1 amide bonds. The Morgan fingerprint density at radius 2 is 1.93 bits per heavy atom. The molecular weight excluding hydrogens is 383 g/mol. The van der Waals surface area contributed by atoms with Crippen LogP contribution in [0.1, 0.15) is 40.3 Å². The van der Waals surface area contributed by atoms with Gasteiger partial charge in [-0.15, -0.1) is 0 Å². The number of hydrogen-bond acceptors (Lipinski definition) is 4. The molecule has 0 radical (unpaired) electrons. The number of anilines is 2. The molecule has 0 aliphatic carbocycles. The summed E-state index contributed by atoms with van der Waals surface area (Å²) in [6.07, 6.45) is 0.939.